The van der Waals surface area contributed by atoms with E-state index in [1.54, 1.807) is 0 Å². The standard InChI is InChI=1S/C27H40O3S/c1-10-27(11-2,22-15-18(4)23(31-22)24(28)29)21-13-12-20(17(3)14-21)16-19(5)26(9,30)25(6,7)8/h12-15,19,30H,10-11,16H2,1-9H3,(H,28,29). The first kappa shape index (κ1) is 25.6. The fourth-order valence-electron chi connectivity index (χ4n) is 4.57. The van der Waals surface area contributed by atoms with Crippen molar-refractivity contribution in [3.8, 4) is 0 Å². The third-order valence-electron chi connectivity index (χ3n) is 7.69. The molecule has 4 heteroatoms. The van der Waals surface area contributed by atoms with Crippen LogP contribution in [0.4, 0.5) is 0 Å². The molecule has 0 saturated heterocycles. The Morgan fingerprint density at radius 1 is 1.03 bits per heavy atom. The highest BCUT2D eigenvalue weighted by molar-refractivity contribution is 7.14. The first-order chi connectivity index (χ1) is 14.2. The van der Waals surface area contributed by atoms with Gasteiger partial charge in [0.1, 0.15) is 4.88 Å². The molecule has 172 valence electrons. The maximum absolute atomic E-state index is 11.6. The van der Waals surface area contributed by atoms with Gasteiger partial charge in [-0.3, -0.25) is 0 Å². The molecule has 0 radical (unpaired) electrons. The highest BCUT2D eigenvalue weighted by Crippen LogP contribution is 2.44. The summed E-state index contributed by atoms with van der Waals surface area (Å²) >= 11 is 1.41. The minimum absolute atomic E-state index is 0.122. The Labute approximate surface area is 192 Å². The van der Waals surface area contributed by atoms with E-state index < -0.39 is 11.6 Å². The summed E-state index contributed by atoms with van der Waals surface area (Å²) in [4.78, 5) is 13.2. The van der Waals surface area contributed by atoms with Crippen molar-refractivity contribution in [3.05, 3.63) is 56.3 Å². The normalized spacial score (nSPS) is 15.5. The Hall–Kier alpha value is -1.65. The van der Waals surface area contributed by atoms with E-state index in [2.05, 4.69) is 72.7 Å². The van der Waals surface area contributed by atoms with Gasteiger partial charge in [-0.1, -0.05) is 59.7 Å². The van der Waals surface area contributed by atoms with Crippen LogP contribution in [0.2, 0.25) is 0 Å². The van der Waals surface area contributed by atoms with Gasteiger partial charge in [0.05, 0.1) is 5.60 Å². The summed E-state index contributed by atoms with van der Waals surface area (Å²) in [5.74, 6) is -0.724. The molecule has 2 atom stereocenters. The Morgan fingerprint density at radius 3 is 2.03 bits per heavy atom. The SMILES string of the molecule is CCC(CC)(c1ccc(CC(C)C(C)(O)C(C)(C)C)c(C)c1)c1cc(C)c(C(=O)O)s1. The summed E-state index contributed by atoms with van der Waals surface area (Å²) in [7, 11) is 0. The molecule has 0 fully saturated rings. The van der Waals surface area contributed by atoms with Gasteiger partial charge in [-0.2, -0.15) is 0 Å². The number of aromatic carboxylic acids is 1. The number of hydrogen-bond donors (Lipinski definition) is 2. The Morgan fingerprint density at radius 2 is 1.61 bits per heavy atom. The van der Waals surface area contributed by atoms with E-state index in [-0.39, 0.29) is 16.7 Å². The number of carboxylic acids is 1. The molecule has 0 bridgehead atoms. The molecule has 2 N–H and O–H groups in total. The van der Waals surface area contributed by atoms with Crippen LogP contribution in [0.5, 0.6) is 0 Å². The Balaban J connectivity index is 2.45. The molecule has 2 aromatic rings. The fourth-order valence-corrected chi connectivity index (χ4v) is 5.93. The van der Waals surface area contributed by atoms with Crippen molar-refractivity contribution >= 4 is 17.3 Å². The molecule has 0 aliphatic rings. The zero-order valence-electron chi connectivity index (χ0n) is 20.7. The van der Waals surface area contributed by atoms with Crippen molar-refractivity contribution in [2.24, 2.45) is 11.3 Å². The molecule has 1 aromatic heterocycles. The fraction of sp³-hybridized carbons (Fsp3) is 0.593. The van der Waals surface area contributed by atoms with Crippen LogP contribution >= 0.6 is 11.3 Å². The van der Waals surface area contributed by atoms with Gasteiger partial charge in [0, 0.05) is 10.3 Å². The van der Waals surface area contributed by atoms with E-state index in [1.807, 2.05) is 13.8 Å². The number of aryl methyl sites for hydroxylation is 2. The molecule has 0 aliphatic carbocycles. The molecule has 1 aromatic carbocycles. The van der Waals surface area contributed by atoms with Crippen molar-refractivity contribution < 1.29 is 15.0 Å². The van der Waals surface area contributed by atoms with E-state index in [0.29, 0.717) is 4.88 Å². The van der Waals surface area contributed by atoms with Crippen LogP contribution in [-0.2, 0) is 11.8 Å². The molecule has 0 saturated carbocycles. The number of aliphatic hydroxyl groups is 1. The summed E-state index contributed by atoms with van der Waals surface area (Å²) in [5.41, 5.74) is 3.42. The van der Waals surface area contributed by atoms with Gasteiger partial charge in [0.15, 0.2) is 0 Å². The van der Waals surface area contributed by atoms with Crippen LogP contribution in [0.1, 0.15) is 98.1 Å². The molecule has 2 rings (SSSR count). The Bertz CT molecular complexity index is 926. The summed E-state index contributed by atoms with van der Waals surface area (Å²) in [5, 5.41) is 20.6. The summed E-state index contributed by atoms with van der Waals surface area (Å²) in [6.07, 6.45) is 2.65. The van der Waals surface area contributed by atoms with Crippen LogP contribution in [0, 0.1) is 25.2 Å². The van der Waals surface area contributed by atoms with Crippen molar-refractivity contribution in [2.45, 2.75) is 92.6 Å². The van der Waals surface area contributed by atoms with Crippen LogP contribution in [-0.4, -0.2) is 21.8 Å². The minimum atomic E-state index is -0.846. The highest BCUT2D eigenvalue weighted by Gasteiger charge is 2.40. The number of thiophene rings is 1. The number of hydrogen-bond acceptors (Lipinski definition) is 3. The van der Waals surface area contributed by atoms with E-state index in [4.69, 9.17) is 0 Å². The first-order valence-electron chi connectivity index (χ1n) is 11.4. The zero-order valence-corrected chi connectivity index (χ0v) is 21.5. The molecular weight excluding hydrogens is 404 g/mol. The molecule has 31 heavy (non-hydrogen) atoms. The van der Waals surface area contributed by atoms with Crippen LogP contribution < -0.4 is 0 Å². The van der Waals surface area contributed by atoms with Gasteiger partial charge in [0.2, 0.25) is 0 Å². The zero-order chi connectivity index (χ0) is 23.8. The van der Waals surface area contributed by atoms with Crippen molar-refractivity contribution in [1.82, 2.24) is 0 Å². The Kier molecular flexibility index (Phi) is 7.49. The number of rotatable bonds is 8. The second-order valence-corrected chi connectivity index (χ2v) is 11.4. The third kappa shape index (κ3) is 4.75. The van der Waals surface area contributed by atoms with Gasteiger partial charge < -0.3 is 10.2 Å². The van der Waals surface area contributed by atoms with Crippen LogP contribution in [0.15, 0.2) is 24.3 Å². The van der Waals surface area contributed by atoms with E-state index in [9.17, 15) is 15.0 Å². The van der Waals surface area contributed by atoms with Crippen molar-refractivity contribution in [1.29, 1.82) is 0 Å². The van der Waals surface area contributed by atoms with Crippen molar-refractivity contribution in [2.75, 3.05) is 0 Å². The van der Waals surface area contributed by atoms with Gasteiger partial charge >= 0.3 is 5.97 Å². The quantitative estimate of drug-likeness (QED) is 0.455. The second-order valence-electron chi connectivity index (χ2n) is 10.4. The smallest absolute Gasteiger partial charge is 0.346 e. The lowest BCUT2D eigenvalue weighted by Crippen LogP contribution is -2.46. The van der Waals surface area contributed by atoms with Gasteiger partial charge in [-0.15, -0.1) is 11.3 Å². The number of carbonyl (C=O) groups is 1. The molecule has 3 nitrogen and oxygen atoms in total. The molecule has 2 unspecified atom stereocenters. The minimum Gasteiger partial charge on any atom is -0.477 e. The largest absolute Gasteiger partial charge is 0.477 e. The van der Waals surface area contributed by atoms with E-state index in [1.165, 1.54) is 28.0 Å². The monoisotopic (exact) mass is 444 g/mol. The van der Waals surface area contributed by atoms with Gasteiger partial charge in [-0.05, 0) is 79.7 Å². The molecule has 0 spiro atoms. The van der Waals surface area contributed by atoms with Crippen molar-refractivity contribution in [3.63, 3.8) is 0 Å². The third-order valence-corrected chi connectivity index (χ3v) is 9.12. The van der Waals surface area contributed by atoms with Gasteiger partial charge in [0.25, 0.3) is 0 Å². The highest BCUT2D eigenvalue weighted by atomic mass is 32.1. The lowest BCUT2D eigenvalue weighted by Gasteiger charge is -2.42. The molecule has 1 heterocycles. The lowest BCUT2D eigenvalue weighted by molar-refractivity contribution is -0.0836. The van der Waals surface area contributed by atoms with Crippen LogP contribution in [0.3, 0.4) is 0 Å². The molecular formula is C27H40O3S. The predicted molar refractivity (Wildman–Crippen MR) is 132 cm³/mol. The predicted octanol–water partition coefficient (Wildman–Crippen LogP) is 7.14. The maximum Gasteiger partial charge on any atom is 0.346 e. The van der Waals surface area contributed by atoms with E-state index >= 15 is 0 Å². The summed E-state index contributed by atoms with van der Waals surface area (Å²) in [6, 6.07) is 8.76. The van der Waals surface area contributed by atoms with Crippen LogP contribution in [0.25, 0.3) is 0 Å². The first-order valence-corrected chi connectivity index (χ1v) is 12.2. The number of carboxylic acid groups (broad SMARTS) is 1. The number of benzene rings is 1. The lowest BCUT2D eigenvalue weighted by atomic mass is 9.68. The summed E-state index contributed by atoms with van der Waals surface area (Å²) in [6.45, 7) is 18.7. The van der Waals surface area contributed by atoms with Gasteiger partial charge in [-0.25, -0.2) is 4.79 Å². The molecule has 0 amide bonds. The average molecular weight is 445 g/mol. The second kappa shape index (κ2) is 9.07. The topological polar surface area (TPSA) is 57.5 Å². The average Bonchev–Trinajstić information content (AvgIpc) is 3.06. The maximum atomic E-state index is 11.6. The molecule has 0 aliphatic heterocycles. The summed E-state index contributed by atoms with van der Waals surface area (Å²) < 4.78 is 0. The van der Waals surface area contributed by atoms with E-state index in [0.717, 1.165) is 29.7 Å².